The summed E-state index contributed by atoms with van der Waals surface area (Å²) in [5.41, 5.74) is 1.12. The fraction of sp³-hybridized carbons (Fsp3) is 0.643. The predicted molar refractivity (Wildman–Crippen MR) is 89.6 cm³/mol. The number of aromatic nitrogens is 1. The molecular weight excluding hydrogens is 324 g/mol. The van der Waals surface area contributed by atoms with E-state index in [0.717, 1.165) is 18.7 Å². The van der Waals surface area contributed by atoms with Gasteiger partial charge in [-0.15, -0.1) is 0 Å². The van der Waals surface area contributed by atoms with Crippen molar-refractivity contribution in [1.29, 1.82) is 0 Å². The molecule has 0 amide bonds. The van der Waals surface area contributed by atoms with E-state index in [9.17, 15) is 8.42 Å². The number of nitrogens with one attached hydrogen (secondary N) is 1. The van der Waals surface area contributed by atoms with Gasteiger partial charge in [-0.3, -0.25) is 4.72 Å². The van der Waals surface area contributed by atoms with E-state index in [0.29, 0.717) is 18.8 Å². The lowest BCUT2D eigenvalue weighted by Gasteiger charge is -2.31. The minimum absolute atomic E-state index is 0.133. The van der Waals surface area contributed by atoms with Gasteiger partial charge in [-0.05, 0) is 24.1 Å². The van der Waals surface area contributed by atoms with Crippen LogP contribution >= 0.6 is 11.6 Å². The summed E-state index contributed by atoms with van der Waals surface area (Å²) < 4.78 is 29.0. The molecule has 1 aliphatic heterocycles. The second-order valence-corrected chi connectivity index (χ2v) is 8.65. The number of rotatable bonds is 3. The molecule has 1 aromatic rings. The molecule has 1 saturated heterocycles. The number of hydrogen-bond acceptors (Lipinski definition) is 4. The summed E-state index contributed by atoms with van der Waals surface area (Å²) in [6.07, 6.45) is 1.68. The summed E-state index contributed by atoms with van der Waals surface area (Å²) in [5, 5.41) is 0.158. The van der Waals surface area contributed by atoms with Crippen LogP contribution in [0.2, 0.25) is 5.15 Å². The maximum Gasteiger partial charge on any atom is 0.301 e. The Kier molecular flexibility index (Phi) is 5.01. The van der Waals surface area contributed by atoms with Gasteiger partial charge in [0.1, 0.15) is 0 Å². The maximum absolute atomic E-state index is 12.5. The fourth-order valence-electron chi connectivity index (χ4n) is 2.16. The zero-order chi connectivity index (χ0) is 16.5. The van der Waals surface area contributed by atoms with E-state index in [1.54, 1.807) is 12.3 Å². The predicted octanol–water partition coefficient (Wildman–Crippen LogP) is 1.94. The molecule has 0 radical (unpaired) electrons. The van der Waals surface area contributed by atoms with Gasteiger partial charge in [0.05, 0.1) is 5.69 Å². The van der Waals surface area contributed by atoms with Crippen LogP contribution in [0, 0.1) is 0 Å². The van der Waals surface area contributed by atoms with Gasteiger partial charge < -0.3 is 4.90 Å². The number of nitrogens with zero attached hydrogens (tertiary/aromatic N) is 3. The maximum atomic E-state index is 12.5. The van der Waals surface area contributed by atoms with Crippen LogP contribution in [0.5, 0.6) is 0 Å². The summed E-state index contributed by atoms with van der Waals surface area (Å²) in [6, 6.07) is 1.75. The highest BCUT2D eigenvalue weighted by atomic mass is 35.5. The first kappa shape index (κ1) is 17.5. The van der Waals surface area contributed by atoms with E-state index in [-0.39, 0.29) is 10.6 Å². The lowest BCUT2D eigenvalue weighted by Crippen LogP contribution is -2.48. The summed E-state index contributed by atoms with van der Waals surface area (Å²) in [6.45, 7) is 8.49. The highest BCUT2D eigenvalue weighted by molar-refractivity contribution is 7.90. The zero-order valence-electron chi connectivity index (χ0n) is 13.4. The second kappa shape index (κ2) is 6.31. The van der Waals surface area contributed by atoms with Crippen molar-refractivity contribution in [3.05, 3.63) is 23.0 Å². The van der Waals surface area contributed by atoms with Crippen LogP contribution in [0.25, 0.3) is 0 Å². The minimum atomic E-state index is -3.61. The fourth-order valence-corrected chi connectivity index (χ4v) is 3.58. The highest BCUT2D eigenvalue weighted by Crippen LogP contribution is 2.28. The van der Waals surface area contributed by atoms with Crippen molar-refractivity contribution in [2.24, 2.45) is 0 Å². The zero-order valence-corrected chi connectivity index (χ0v) is 15.0. The van der Waals surface area contributed by atoms with E-state index < -0.39 is 10.2 Å². The Balaban J connectivity index is 2.22. The molecule has 1 fully saturated rings. The van der Waals surface area contributed by atoms with Gasteiger partial charge >= 0.3 is 10.2 Å². The van der Waals surface area contributed by atoms with Crippen LogP contribution in [0.15, 0.2) is 12.3 Å². The molecule has 1 aliphatic rings. The van der Waals surface area contributed by atoms with Crippen molar-refractivity contribution in [1.82, 2.24) is 14.2 Å². The average molecular weight is 347 g/mol. The van der Waals surface area contributed by atoms with Gasteiger partial charge in [-0.1, -0.05) is 32.4 Å². The molecule has 2 rings (SSSR count). The average Bonchev–Trinajstić information content (AvgIpc) is 2.40. The molecule has 6 nitrogen and oxygen atoms in total. The van der Waals surface area contributed by atoms with Gasteiger partial charge in [-0.2, -0.15) is 12.7 Å². The Morgan fingerprint density at radius 3 is 2.36 bits per heavy atom. The summed E-state index contributed by atoms with van der Waals surface area (Å²) in [7, 11) is -1.64. The molecule has 0 spiro atoms. The Morgan fingerprint density at radius 2 is 1.82 bits per heavy atom. The summed E-state index contributed by atoms with van der Waals surface area (Å²) in [4.78, 5) is 6.20. The van der Waals surface area contributed by atoms with Crippen LogP contribution in [0.3, 0.4) is 0 Å². The molecule has 0 atom stereocenters. The Bertz CT molecular complexity index is 635. The van der Waals surface area contributed by atoms with Gasteiger partial charge in [-0.25, -0.2) is 4.98 Å². The molecule has 2 heterocycles. The Labute approximate surface area is 137 Å². The molecular formula is C14H23ClN4O2S. The lowest BCUT2D eigenvalue weighted by atomic mass is 9.88. The van der Waals surface area contributed by atoms with Gasteiger partial charge in [0.25, 0.3) is 0 Å². The van der Waals surface area contributed by atoms with Gasteiger partial charge in [0.15, 0.2) is 5.15 Å². The topological polar surface area (TPSA) is 65.5 Å². The quantitative estimate of drug-likeness (QED) is 0.849. The number of halogens is 1. The number of likely N-dealkylation sites (N-methyl/N-ethyl adjacent to an activating group) is 1. The molecule has 0 unspecified atom stereocenters. The van der Waals surface area contributed by atoms with Crippen LogP contribution < -0.4 is 4.72 Å². The van der Waals surface area contributed by atoms with E-state index in [2.05, 4.69) is 14.6 Å². The van der Waals surface area contributed by atoms with Gasteiger partial charge in [0.2, 0.25) is 0 Å². The summed E-state index contributed by atoms with van der Waals surface area (Å²) >= 11 is 6.05. The largest absolute Gasteiger partial charge is 0.304 e. The molecule has 0 aromatic carbocycles. The normalized spacial score (nSPS) is 18.4. The van der Waals surface area contributed by atoms with E-state index >= 15 is 0 Å². The first-order chi connectivity index (χ1) is 10.1. The van der Waals surface area contributed by atoms with Crippen molar-refractivity contribution in [2.75, 3.05) is 37.9 Å². The first-order valence-electron chi connectivity index (χ1n) is 7.22. The third kappa shape index (κ3) is 4.10. The monoisotopic (exact) mass is 346 g/mol. The smallest absolute Gasteiger partial charge is 0.301 e. The van der Waals surface area contributed by atoms with E-state index in [1.165, 1.54) is 4.31 Å². The summed E-state index contributed by atoms with van der Waals surface area (Å²) in [5.74, 6) is 0. The van der Waals surface area contributed by atoms with Crippen LogP contribution in [0.1, 0.15) is 26.3 Å². The first-order valence-corrected chi connectivity index (χ1v) is 9.04. The third-order valence-corrected chi connectivity index (χ3v) is 5.57. The number of anilines is 1. The molecule has 0 saturated carbocycles. The van der Waals surface area contributed by atoms with Crippen molar-refractivity contribution in [2.45, 2.75) is 26.2 Å². The van der Waals surface area contributed by atoms with Crippen molar-refractivity contribution in [3.63, 3.8) is 0 Å². The molecule has 1 N–H and O–H groups in total. The number of piperazine rings is 1. The molecule has 124 valence electrons. The van der Waals surface area contributed by atoms with Gasteiger partial charge in [0, 0.05) is 32.4 Å². The van der Waals surface area contributed by atoms with Crippen molar-refractivity contribution >= 4 is 27.5 Å². The molecule has 1 aromatic heterocycles. The SMILES string of the molecule is CN1CCN(S(=O)(=O)Nc2cc(C(C)(C)C)cnc2Cl)CC1. The molecule has 22 heavy (non-hydrogen) atoms. The van der Waals surface area contributed by atoms with Crippen LogP contribution in [-0.4, -0.2) is 55.8 Å². The van der Waals surface area contributed by atoms with E-state index in [1.807, 2.05) is 27.8 Å². The Hall–Kier alpha value is -0.890. The highest BCUT2D eigenvalue weighted by Gasteiger charge is 2.27. The third-order valence-electron chi connectivity index (χ3n) is 3.75. The number of hydrogen-bond donors (Lipinski definition) is 1. The standard InChI is InChI=1S/C14H23ClN4O2S/c1-14(2,3)11-9-12(13(15)16-10-11)17-22(20,21)19-7-5-18(4)6-8-19/h9-10,17H,5-8H2,1-4H3. The molecule has 0 aliphatic carbocycles. The Morgan fingerprint density at radius 1 is 1.23 bits per heavy atom. The van der Waals surface area contributed by atoms with Crippen molar-refractivity contribution < 1.29 is 8.42 Å². The second-order valence-electron chi connectivity index (χ2n) is 6.62. The molecule has 8 heteroatoms. The molecule has 0 bridgehead atoms. The van der Waals surface area contributed by atoms with Crippen molar-refractivity contribution in [3.8, 4) is 0 Å². The van der Waals surface area contributed by atoms with E-state index in [4.69, 9.17) is 11.6 Å². The minimum Gasteiger partial charge on any atom is -0.304 e. The number of pyridine rings is 1. The van der Waals surface area contributed by atoms with Crippen LogP contribution in [-0.2, 0) is 15.6 Å². The lowest BCUT2D eigenvalue weighted by molar-refractivity contribution is 0.223. The van der Waals surface area contributed by atoms with Crippen LogP contribution in [0.4, 0.5) is 5.69 Å².